The van der Waals surface area contributed by atoms with Crippen molar-refractivity contribution in [2.24, 2.45) is 0 Å². The van der Waals surface area contributed by atoms with Crippen molar-refractivity contribution in [2.75, 3.05) is 22.5 Å². The minimum atomic E-state index is 0.0879. The normalized spacial score (nSPS) is 18.3. The molecule has 3 N–H and O–H groups in total. The van der Waals surface area contributed by atoms with E-state index in [9.17, 15) is 4.79 Å². The van der Waals surface area contributed by atoms with Crippen LogP contribution in [0.25, 0.3) is 0 Å². The highest BCUT2D eigenvalue weighted by molar-refractivity contribution is 5.95. The molecule has 0 radical (unpaired) electrons. The van der Waals surface area contributed by atoms with Crippen molar-refractivity contribution < 1.29 is 4.79 Å². The van der Waals surface area contributed by atoms with Crippen LogP contribution in [-0.2, 0) is 4.79 Å². The molecule has 0 bridgehead atoms. The number of rotatable bonds is 6. The Morgan fingerprint density at radius 2 is 2.18 bits per heavy atom. The van der Waals surface area contributed by atoms with Gasteiger partial charge in [-0.05, 0) is 50.8 Å². The first kappa shape index (κ1) is 16.7. The highest BCUT2D eigenvalue weighted by Gasteiger charge is 2.21. The van der Waals surface area contributed by atoms with E-state index in [0.717, 1.165) is 37.2 Å². The number of nitrogens with zero attached hydrogens (tertiary/aromatic N) is 1. The van der Waals surface area contributed by atoms with Crippen LogP contribution in [0.1, 0.15) is 58.8 Å². The molecule has 1 aromatic carbocycles. The van der Waals surface area contributed by atoms with Crippen LogP contribution in [0, 0.1) is 0 Å². The monoisotopic (exact) mass is 303 g/mol. The first-order valence-electron chi connectivity index (χ1n) is 8.58. The Morgan fingerprint density at radius 3 is 2.91 bits per heavy atom. The maximum absolute atomic E-state index is 12.1. The number of unbranched alkanes of at least 4 members (excludes halogenated alkanes) is 2. The van der Waals surface area contributed by atoms with E-state index in [0.29, 0.717) is 18.2 Å². The number of anilines is 3. The summed E-state index contributed by atoms with van der Waals surface area (Å²) >= 11 is 0. The Morgan fingerprint density at radius 1 is 1.36 bits per heavy atom. The van der Waals surface area contributed by atoms with Crippen molar-refractivity contribution in [1.29, 1.82) is 0 Å². The van der Waals surface area contributed by atoms with Crippen molar-refractivity contribution in [3.05, 3.63) is 18.2 Å². The number of hydrogen-bond donors (Lipinski definition) is 2. The fraction of sp³-hybridized carbons (Fsp3) is 0.611. The molecule has 0 aliphatic carbocycles. The third-order valence-electron chi connectivity index (χ3n) is 4.41. The van der Waals surface area contributed by atoms with Gasteiger partial charge in [0.25, 0.3) is 0 Å². The van der Waals surface area contributed by atoms with Crippen LogP contribution < -0.4 is 16.0 Å². The summed E-state index contributed by atoms with van der Waals surface area (Å²) < 4.78 is 0. The fourth-order valence-electron chi connectivity index (χ4n) is 3.11. The van der Waals surface area contributed by atoms with Crippen molar-refractivity contribution in [3.63, 3.8) is 0 Å². The molecular formula is C18H29N3O. The van der Waals surface area contributed by atoms with Gasteiger partial charge in [0.1, 0.15) is 0 Å². The van der Waals surface area contributed by atoms with Crippen molar-refractivity contribution in [3.8, 4) is 0 Å². The molecule has 4 heteroatoms. The van der Waals surface area contributed by atoms with E-state index in [2.05, 4.69) is 24.1 Å². The minimum Gasteiger partial charge on any atom is -0.399 e. The molecule has 1 fully saturated rings. The summed E-state index contributed by atoms with van der Waals surface area (Å²) in [5.74, 6) is 0.0879. The molecule has 1 amide bonds. The Kier molecular flexibility index (Phi) is 6.10. The molecule has 1 atom stereocenters. The van der Waals surface area contributed by atoms with Crippen molar-refractivity contribution in [1.82, 2.24) is 0 Å². The molecule has 1 heterocycles. The van der Waals surface area contributed by atoms with E-state index in [4.69, 9.17) is 5.73 Å². The number of carbonyl (C=O) groups excluding carboxylic acids is 1. The number of nitrogens with two attached hydrogens (primary N) is 1. The van der Waals surface area contributed by atoms with Gasteiger partial charge in [0, 0.05) is 24.7 Å². The zero-order valence-corrected chi connectivity index (χ0v) is 13.9. The molecular weight excluding hydrogens is 274 g/mol. The van der Waals surface area contributed by atoms with Crippen molar-refractivity contribution >= 4 is 23.0 Å². The van der Waals surface area contributed by atoms with Gasteiger partial charge >= 0.3 is 0 Å². The highest BCUT2D eigenvalue weighted by atomic mass is 16.1. The predicted molar refractivity (Wildman–Crippen MR) is 94.3 cm³/mol. The fourth-order valence-corrected chi connectivity index (χ4v) is 3.11. The van der Waals surface area contributed by atoms with Crippen LogP contribution in [0.3, 0.4) is 0 Å². The smallest absolute Gasteiger partial charge is 0.224 e. The van der Waals surface area contributed by atoms with Crippen LogP contribution in [0.15, 0.2) is 18.2 Å². The summed E-state index contributed by atoms with van der Waals surface area (Å²) in [6, 6.07) is 6.35. The lowest BCUT2D eigenvalue weighted by atomic mass is 10.0. The lowest BCUT2D eigenvalue weighted by Crippen LogP contribution is -2.38. The first-order valence-corrected chi connectivity index (χ1v) is 8.58. The SMILES string of the molecule is CCCCCC(=O)Nc1cc(N)ccc1N1CCCC[C@H]1C. The Balaban J connectivity index is 2.11. The van der Waals surface area contributed by atoms with E-state index in [-0.39, 0.29) is 5.91 Å². The number of piperidine rings is 1. The maximum Gasteiger partial charge on any atom is 0.224 e. The number of hydrogen-bond acceptors (Lipinski definition) is 3. The number of carbonyl (C=O) groups is 1. The highest BCUT2D eigenvalue weighted by Crippen LogP contribution is 2.33. The zero-order chi connectivity index (χ0) is 15.9. The molecule has 122 valence electrons. The van der Waals surface area contributed by atoms with E-state index >= 15 is 0 Å². The van der Waals surface area contributed by atoms with Gasteiger partial charge in [-0.15, -0.1) is 0 Å². The quantitative estimate of drug-likeness (QED) is 0.612. The molecule has 0 aromatic heterocycles. The van der Waals surface area contributed by atoms with Gasteiger partial charge in [-0.1, -0.05) is 19.8 Å². The summed E-state index contributed by atoms with van der Waals surface area (Å²) in [4.78, 5) is 14.5. The zero-order valence-electron chi connectivity index (χ0n) is 13.9. The summed E-state index contributed by atoms with van der Waals surface area (Å²) in [6.07, 6.45) is 7.44. The van der Waals surface area contributed by atoms with Crippen LogP contribution in [0.2, 0.25) is 0 Å². The van der Waals surface area contributed by atoms with Gasteiger partial charge in [-0.3, -0.25) is 4.79 Å². The average molecular weight is 303 g/mol. The number of benzene rings is 1. The topological polar surface area (TPSA) is 58.4 Å². The second-order valence-corrected chi connectivity index (χ2v) is 6.32. The Labute approximate surface area is 134 Å². The lowest BCUT2D eigenvalue weighted by molar-refractivity contribution is -0.116. The van der Waals surface area contributed by atoms with E-state index in [1.54, 1.807) is 0 Å². The summed E-state index contributed by atoms with van der Waals surface area (Å²) in [6.45, 7) is 5.44. The number of amides is 1. The second-order valence-electron chi connectivity index (χ2n) is 6.32. The molecule has 0 unspecified atom stereocenters. The largest absolute Gasteiger partial charge is 0.399 e. The van der Waals surface area contributed by atoms with E-state index < -0.39 is 0 Å². The minimum absolute atomic E-state index is 0.0879. The summed E-state index contributed by atoms with van der Waals surface area (Å²) in [5, 5.41) is 3.07. The van der Waals surface area contributed by atoms with E-state index in [1.165, 1.54) is 19.3 Å². The van der Waals surface area contributed by atoms with E-state index in [1.807, 2.05) is 18.2 Å². The summed E-state index contributed by atoms with van der Waals surface area (Å²) in [7, 11) is 0. The molecule has 1 aliphatic heterocycles. The third kappa shape index (κ3) is 4.39. The first-order chi connectivity index (χ1) is 10.6. The molecule has 1 saturated heterocycles. The van der Waals surface area contributed by atoms with Crippen molar-refractivity contribution in [2.45, 2.75) is 64.8 Å². The molecule has 0 saturated carbocycles. The van der Waals surface area contributed by atoms with Gasteiger partial charge in [-0.2, -0.15) is 0 Å². The van der Waals surface area contributed by atoms with Gasteiger partial charge in [0.15, 0.2) is 0 Å². The Bertz CT molecular complexity index is 501. The van der Waals surface area contributed by atoms with Crippen LogP contribution >= 0.6 is 0 Å². The molecule has 22 heavy (non-hydrogen) atoms. The number of nitrogen functional groups attached to an aromatic ring is 1. The summed E-state index contributed by atoms with van der Waals surface area (Å²) in [5.41, 5.74) is 8.57. The van der Waals surface area contributed by atoms with Crippen LogP contribution in [0.5, 0.6) is 0 Å². The third-order valence-corrected chi connectivity index (χ3v) is 4.41. The standard InChI is InChI=1S/C18H29N3O/c1-3-4-5-9-18(22)20-16-13-15(19)10-11-17(16)21-12-7-6-8-14(21)2/h10-11,13-14H,3-9,12,19H2,1-2H3,(H,20,22)/t14-/m1/s1. The van der Waals surface area contributed by atoms with Gasteiger partial charge < -0.3 is 16.0 Å². The van der Waals surface area contributed by atoms with Gasteiger partial charge in [0.05, 0.1) is 11.4 Å². The van der Waals surface area contributed by atoms with Crippen LogP contribution in [0.4, 0.5) is 17.1 Å². The Hall–Kier alpha value is -1.71. The predicted octanol–water partition coefficient (Wildman–Crippen LogP) is 4.17. The lowest BCUT2D eigenvalue weighted by Gasteiger charge is -2.36. The molecule has 2 rings (SSSR count). The van der Waals surface area contributed by atoms with Gasteiger partial charge in [-0.25, -0.2) is 0 Å². The van der Waals surface area contributed by atoms with Crippen LogP contribution in [-0.4, -0.2) is 18.5 Å². The van der Waals surface area contributed by atoms with Gasteiger partial charge in [0.2, 0.25) is 5.91 Å². The molecule has 1 aliphatic rings. The average Bonchev–Trinajstić information content (AvgIpc) is 2.49. The molecule has 4 nitrogen and oxygen atoms in total. The molecule has 0 spiro atoms. The maximum atomic E-state index is 12.1. The number of nitrogens with one attached hydrogen (secondary N) is 1. The second kappa shape index (κ2) is 8.06. The molecule has 1 aromatic rings.